The van der Waals surface area contributed by atoms with Crippen molar-refractivity contribution in [3.05, 3.63) is 114 Å². The molecule has 0 aliphatic rings. The zero-order valence-corrected chi connectivity index (χ0v) is 18.7. The Morgan fingerprint density at radius 2 is 1.07 bits per heavy atom. The van der Waals surface area contributed by atoms with Crippen LogP contribution in [-0.2, 0) is 19.5 Å². The van der Waals surface area contributed by atoms with Gasteiger partial charge in [-0.05, 0) is 12.1 Å². The van der Waals surface area contributed by atoms with E-state index < -0.39 is 5.97 Å². The molecule has 0 atom stereocenters. The topological polar surface area (TPSA) is 57.5 Å². The van der Waals surface area contributed by atoms with Gasteiger partial charge in [-0.25, -0.2) is 4.79 Å². The van der Waals surface area contributed by atoms with E-state index in [1.54, 1.807) is 12.1 Å². The van der Waals surface area contributed by atoms with Crippen molar-refractivity contribution in [2.75, 3.05) is 0 Å². The second kappa shape index (κ2) is 14.5. The monoisotopic (exact) mass is 412 g/mol. The molecule has 0 bridgehead atoms. The van der Waals surface area contributed by atoms with Gasteiger partial charge in [0, 0.05) is 0 Å². The molecular formula is C23H24O3Zn. The number of carboxylic acid groups (broad SMARTS) is 1. The van der Waals surface area contributed by atoms with Gasteiger partial charge in [-0.3, -0.25) is 0 Å². The van der Waals surface area contributed by atoms with E-state index in [1.165, 1.54) is 23.3 Å². The first-order chi connectivity index (χ1) is 12.6. The molecule has 3 nitrogen and oxygen atoms in total. The van der Waals surface area contributed by atoms with Crippen molar-refractivity contribution in [2.24, 2.45) is 0 Å². The Hall–Kier alpha value is -2.71. The van der Waals surface area contributed by atoms with E-state index in [2.05, 4.69) is 37.1 Å². The second-order valence-electron chi connectivity index (χ2n) is 5.22. The number of rotatable bonds is 3. The molecule has 3 aromatic carbocycles. The fraction of sp³-hybridized carbons (Fsp3) is 0.0870. The number of hydrogen-bond acceptors (Lipinski definition) is 2. The van der Waals surface area contributed by atoms with Gasteiger partial charge in [0.1, 0.15) is 11.3 Å². The molecule has 0 aliphatic carbocycles. The maximum absolute atomic E-state index is 10.3. The zero-order chi connectivity index (χ0) is 19.2. The van der Waals surface area contributed by atoms with Gasteiger partial charge in [0.15, 0.2) is 0 Å². The summed E-state index contributed by atoms with van der Waals surface area (Å²) < 4.78 is 0. The molecule has 0 amide bonds. The minimum Gasteiger partial charge on any atom is -0.507 e. The quantitative estimate of drug-likeness (QED) is 0.433. The maximum atomic E-state index is 10.3. The van der Waals surface area contributed by atoms with Gasteiger partial charge >= 0.3 is 25.4 Å². The van der Waals surface area contributed by atoms with Crippen LogP contribution in [0.5, 0.6) is 5.75 Å². The van der Waals surface area contributed by atoms with Crippen molar-refractivity contribution in [2.45, 2.75) is 13.8 Å². The van der Waals surface area contributed by atoms with Crippen LogP contribution < -0.4 is 0 Å². The predicted molar refractivity (Wildman–Crippen MR) is 106 cm³/mol. The summed E-state index contributed by atoms with van der Waals surface area (Å²) in [5, 5.41) is 17.3. The smallest absolute Gasteiger partial charge is 0.507 e. The molecule has 3 rings (SSSR count). The molecular weight excluding hydrogens is 390 g/mol. The fourth-order valence-corrected chi connectivity index (χ4v) is 1.95. The molecule has 2 N–H and O–H groups in total. The van der Waals surface area contributed by atoms with E-state index in [0.29, 0.717) is 0 Å². The van der Waals surface area contributed by atoms with E-state index in [-0.39, 0.29) is 30.8 Å². The zero-order valence-electron chi connectivity index (χ0n) is 15.7. The summed E-state index contributed by atoms with van der Waals surface area (Å²) in [6.45, 7) is 4.07. The van der Waals surface area contributed by atoms with E-state index in [9.17, 15) is 4.79 Å². The van der Waals surface area contributed by atoms with Crippen molar-refractivity contribution in [3.8, 4) is 5.75 Å². The van der Waals surface area contributed by atoms with Crippen molar-refractivity contribution in [1.82, 2.24) is 0 Å². The van der Waals surface area contributed by atoms with Gasteiger partial charge in [0.25, 0.3) is 0 Å². The molecule has 0 radical (unpaired) electrons. The predicted octanol–water partition coefficient (Wildman–Crippen LogP) is 5.61. The molecule has 0 saturated carbocycles. The van der Waals surface area contributed by atoms with Crippen molar-refractivity contribution >= 4 is 5.97 Å². The van der Waals surface area contributed by atoms with E-state index in [1.807, 2.05) is 50.2 Å². The van der Waals surface area contributed by atoms with Crippen molar-refractivity contribution in [3.63, 3.8) is 0 Å². The van der Waals surface area contributed by atoms with Crippen molar-refractivity contribution in [1.29, 1.82) is 0 Å². The number of benzene rings is 3. The summed E-state index contributed by atoms with van der Waals surface area (Å²) in [5.74, 6) is -1.31. The number of para-hydroxylation sites is 1. The fourth-order valence-electron chi connectivity index (χ4n) is 1.95. The van der Waals surface area contributed by atoms with E-state index in [4.69, 9.17) is 10.2 Å². The van der Waals surface area contributed by atoms with Crippen LogP contribution in [0.4, 0.5) is 0 Å². The van der Waals surface area contributed by atoms with Crippen LogP contribution >= 0.6 is 0 Å². The molecule has 0 spiro atoms. The standard InChI is InChI=1S/2C8H9.C7H6O3.Zn/c2*1-2-8-6-4-3-5-7-8;8-6-4-2-1-3-5(6)7(9)10;/h2*2-7H,1H3;1-4,8H,(H,9,10);/q2*-1;;+2. The summed E-state index contributed by atoms with van der Waals surface area (Å²) in [6.07, 6.45) is 4.17. The third kappa shape index (κ3) is 10.1. The van der Waals surface area contributed by atoms with Crippen LogP contribution in [0.2, 0.25) is 0 Å². The summed E-state index contributed by atoms with van der Waals surface area (Å²) in [5.41, 5.74) is 2.50. The first-order valence-corrected chi connectivity index (χ1v) is 8.28. The Balaban J connectivity index is 0.000000372. The average Bonchev–Trinajstić information content (AvgIpc) is 2.70. The summed E-state index contributed by atoms with van der Waals surface area (Å²) in [7, 11) is 0. The number of aromatic carboxylic acids is 1. The van der Waals surface area contributed by atoms with Gasteiger partial charge in [0.05, 0.1) is 0 Å². The minimum absolute atomic E-state index is 0. The van der Waals surface area contributed by atoms with E-state index in [0.717, 1.165) is 0 Å². The Morgan fingerprint density at radius 3 is 1.33 bits per heavy atom. The first kappa shape index (κ1) is 24.3. The van der Waals surface area contributed by atoms with Crippen LogP contribution in [0.3, 0.4) is 0 Å². The summed E-state index contributed by atoms with van der Waals surface area (Å²) in [6, 6.07) is 26.3. The van der Waals surface area contributed by atoms with Gasteiger partial charge in [-0.15, -0.1) is 24.3 Å². The molecule has 136 valence electrons. The third-order valence-corrected chi connectivity index (χ3v) is 3.40. The minimum atomic E-state index is -1.11. The normalized spacial score (nSPS) is 8.52. The van der Waals surface area contributed by atoms with Gasteiger partial charge < -0.3 is 10.2 Å². The molecule has 4 heteroatoms. The Morgan fingerprint density at radius 1 is 0.704 bits per heavy atom. The molecule has 0 heterocycles. The third-order valence-electron chi connectivity index (χ3n) is 3.40. The second-order valence-corrected chi connectivity index (χ2v) is 5.22. The summed E-state index contributed by atoms with van der Waals surface area (Å²) in [4.78, 5) is 10.3. The Labute approximate surface area is 174 Å². The maximum Gasteiger partial charge on any atom is 2.00 e. The number of carboxylic acids is 1. The SMILES string of the molecule is C[CH-]c1ccccc1.C[CH-]c1ccccc1.O=C(O)c1ccccc1O.[Zn+2]. The van der Waals surface area contributed by atoms with Gasteiger partial charge in [-0.2, -0.15) is 48.2 Å². The van der Waals surface area contributed by atoms with Crippen LogP contribution in [-0.4, -0.2) is 16.2 Å². The Bertz CT molecular complexity index is 719. The van der Waals surface area contributed by atoms with Crippen LogP contribution in [0.1, 0.15) is 35.3 Å². The molecule has 0 fully saturated rings. The molecule has 0 aromatic heterocycles. The first-order valence-electron chi connectivity index (χ1n) is 8.28. The largest absolute Gasteiger partial charge is 2.00 e. The Kier molecular flexibility index (Phi) is 13.0. The van der Waals surface area contributed by atoms with Crippen LogP contribution in [0, 0.1) is 12.8 Å². The molecule has 27 heavy (non-hydrogen) atoms. The molecule has 3 aromatic rings. The average molecular weight is 414 g/mol. The number of phenols is 1. The summed E-state index contributed by atoms with van der Waals surface area (Å²) >= 11 is 0. The van der Waals surface area contributed by atoms with Crippen molar-refractivity contribution < 1.29 is 34.5 Å². The van der Waals surface area contributed by atoms with Gasteiger partial charge in [0.2, 0.25) is 0 Å². The van der Waals surface area contributed by atoms with Crippen LogP contribution in [0.25, 0.3) is 0 Å². The molecule has 0 unspecified atom stereocenters. The number of carbonyl (C=O) groups is 1. The number of hydrogen-bond donors (Lipinski definition) is 2. The van der Waals surface area contributed by atoms with Gasteiger partial charge in [-0.1, -0.05) is 38.1 Å². The van der Waals surface area contributed by atoms with Crippen LogP contribution in [0.15, 0.2) is 84.9 Å². The number of aromatic hydroxyl groups is 1. The molecule has 0 aliphatic heterocycles. The van der Waals surface area contributed by atoms with E-state index >= 15 is 0 Å². The molecule has 0 saturated heterocycles.